The quantitative estimate of drug-likeness (QED) is 0.579. The average molecular weight is 303 g/mol. The van der Waals surface area contributed by atoms with Crippen LogP contribution in [0.3, 0.4) is 0 Å². The minimum absolute atomic E-state index is 0.156. The molecule has 2 aromatic rings. The van der Waals surface area contributed by atoms with Crippen molar-refractivity contribution < 1.29 is 0 Å². The number of nitrogens with zero attached hydrogens (tertiary/aromatic N) is 2. The molecular formula is C18H23ClN2. The second kappa shape index (κ2) is 5.49. The fourth-order valence-corrected chi connectivity index (χ4v) is 4.09. The SMILES string of the molecule is CCn1nc(CC2=CC(Cl)CC(C)(C)C2)c2ccccc21. The molecule has 0 N–H and O–H groups in total. The van der Waals surface area contributed by atoms with Crippen molar-refractivity contribution in [3.05, 3.63) is 41.6 Å². The minimum atomic E-state index is 0.156. The van der Waals surface area contributed by atoms with E-state index >= 15 is 0 Å². The maximum atomic E-state index is 6.41. The molecule has 0 amide bonds. The first kappa shape index (κ1) is 14.6. The van der Waals surface area contributed by atoms with Crippen molar-refractivity contribution >= 4 is 22.5 Å². The lowest BCUT2D eigenvalue weighted by molar-refractivity contribution is 0.320. The van der Waals surface area contributed by atoms with Gasteiger partial charge in [0.05, 0.1) is 16.6 Å². The molecule has 2 nitrogen and oxygen atoms in total. The number of fused-ring (bicyclic) bond motifs is 1. The van der Waals surface area contributed by atoms with E-state index in [1.165, 1.54) is 22.2 Å². The summed E-state index contributed by atoms with van der Waals surface area (Å²) in [5, 5.41) is 6.24. The predicted octanol–water partition coefficient (Wildman–Crippen LogP) is 4.95. The van der Waals surface area contributed by atoms with Crippen molar-refractivity contribution in [2.45, 2.75) is 52.0 Å². The summed E-state index contributed by atoms with van der Waals surface area (Å²) < 4.78 is 2.09. The van der Waals surface area contributed by atoms with Crippen LogP contribution in [0.25, 0.3) is 10.9 Å². The lowest BCUT2D eigenvalue weighted by Crippen LogP contribution is -2.23. The summed E-state index contributed by atoms with van der Waals surface area (Å²) in [5.74, 6) is 0. The van der Waals surface area contributed by atoms with E-state index < -0.39 is 0 Å². The summed E-state index contributed by atoms with van der Waals surface area (Å²) in [6.45, 7) is 7.65. The van der Waals surface area contributed by atoms with Crippen LogP contribution in [0.5, 0.6) is 0 Å². The molecule has 1 aliphatic carbocycles. The zero-order chi connectivity index (χ0) is 15.0. The van der Waals surface area contributed by atoms with Crippen molar-refractivity contribution in [2.75, 3.05) is 0 Å². The number of hydrogen-bond acceptors (Lipinski definition) is 1. The van der Waals surface area contributed by atoms with Crippen molar-refractivity contribution in [3.63, 3.8) is 0 Å². The van der Waals surface area contributed by atoms with Gasteiger partial charge in [0.25, 0.3) is 0 Å². The van der Waals surface area contributed by atoms with E-state index in [0.717, 1.165) is 25.8 Å². The lowest BCUT2D eigenvalue weighted by atomic mass is 9.76. The van der Waals surface area contributed by atoms with E-state index in [1.807, 2.05) is 0 Å². The molecule has 112 valence electrons. The fraction of sp³-hybridized carbons (Fsp3) is 0.500. The summed E-state index contributed by atoms with van der Waals surface area (Å²) in [4.78, 5) is 0. The fourth-order valence-electron chi connectivity index (χ4n) is 3.49. The molecule has 1 aliphatic rings. The zero-order valence-corrected chi connectivity index (χ0v) is 13.8. The molecule has 3 heteroatoms. The Morgan fingerprint density at radius 3 is 2.81 bits per heavy atom. The van der Waals surface area contributed by atoms with E-state index in [9.17, 15) is 0 Å². The highest BCUT2D eigenvalue weighted by atomic mass is 35.5. The highest BCUT2D eigenvalue weighted by Crippen LogP contribution is 2.38. The lowest BCUT2D eigenvalue weighted by Gasteiger charge is -2.32. The van der Waals surface area contributed by atoms with Gasteiger partial charge < -0.3 is 0 Å². The number of aryl methyl sites for hydroxylation is 1. The number of benzene rings is 1. The Morgan fingerprint density at radius 1 is 1.33 bits per heavy atom. The Labute approximate surface area is 131 Å². The Morgan fingerprint density at radius 2 is 2.10 bits per heavy atom. The van der Waals surface area contributed by atoms with Crippen LogP contribution < -0.4 is 0 Å². The van der Waals surface area contributed by atoms with Crippen molar-refractivity contribution in [3.8, 4) is 0 Å². The van der Waals surface area contributed by atoms with E-state index in [1.54, 1.807) is 0 Å². The molecule has 1 atom stereocenters. The Bertz CT molecular complexity index is 682. The number of hydrogen-bond donors (Lipinski definition) is 0. The molecule has 0 saturated heterocycles. The first-order chi connectivity index (χ1) is 9.98. The van der Waals surface area contributed by atoms with Crippen LogP contribution in [0.2, 0.25) is 0 Å². The number of halogens is 1. The van der Waals surface area contributed by atoms with Crippen LogP contribution in [0.1, 0.15) is 39.3 Å². The molecule has 0 spiro atoms. The predicted molar refractivity (Wildman–Crippen MR) is 89.9 cm³/mol. The topological polar surface area (TPSA) is 17.8 Å². The first-order valence-electron chi connectivity index (χ1n) is 7.76. The van der Waals surface area contributed by atoms with Crippen LogP contribution in [-0.2, 0) is 13.0 Å². The van der Waals surface area contributed by atoms with Gasteiger partial charge in [-0.05, 0) is 31.2 Å². The summed E-state index contributed by atoms with van der Waals surface area (Å²) >= 11 is 6.41. The summed E-state index contributed by atoms with van der Waals surface area (Å²) in [6.07, 6.45) is 5.33. The maximum Gasteiger partial charge on any atom is 0.0743 e. The van der Waals surface area contributed by atoms with Gasteiger partial charge >= 0.3 is 0 Å². The van der Waals surface area contributed by atoms with E-state index in [-0.39, 0.29) is 5.38 Å². The van der Waals surface area contributed by atoms with Crippen LogP contribution >= 0.6 is 11.6 Å². The smallest absolute Gasteiger partial charge is 0.0743 e. The second-order valence-electron chi connectivity index (χ2n) is 6.84. The normalized spacial score (nSPS) is 21.5. The third-order valence-electron chi connectivity index (χ3n) is 4.30. The highest BCUT2D eigenvalue weighted by Gasteiger charge is 2.28. The standard InChI is InChI=1S/C18H23ClN2/c1-4-21-17-8-6-5-7-15(17)16(20-21)10-13-9-14(19)12-18(2,3)11-13/h5-9,14H,4,10-12H2,1-3H3. The van der Waals surface area contributed by atoms with Crippen LogP contribution in [-0.4, -0.2) is 15.2 Å². The number of rotatable bonds is 3. The van der Waals surface area contributed by atoms with Crippen LogP contribution in [0.15, 0.2) is 35.9 Å². The second-order valence-corrected chi connectivity index (χ2v) is 7.40. The third-order valence-corrected chi connectivity index (χ3v) is 4.58. The van der Waals surface area contributed by atoms with Gasteiger partial charge in [-0.1, -0.05) is 43.7 Å². The van der Waals surface area contributed by atoms with Gasteiger partial charge in [0, 0.05) is 18.4 Å². The minimum Gasteiger partial charge on any atom is -0.265 e. The Hall–Kier alpha value is -1.28. The Balaban J connectivity index is 1.95. The Kier molecular flexibility index (Phi) is 3.83. The highest BCUT2D eigenvalue weighted by molar-refractivity contribution is 6.21. The van der Waals surface area contributed by atoms with Gasteiger partial charge in [-0.3, -0.25) is 4.68 Å². The van der Waals surface area contributed by atoms with Gasteiger partial charge in [-0.25, -0.2) is 0 Å². The number of aromatic nitrogens is 2. The van der Waals surface area contributed by atoms with E-state index in [0.29, 0.717) is 5.41 Å². The third kappa shape index (κ3) is 3.01. The summed E-state index contributed by atoms with van der Waals surface area (Å²) in [5.41, 5.74) is 4.13. The van der Waals surface area contributed by atoms with Crippen LogP contribution in [0, 0.1) is 5.41 Å². The van der Waals surface area contributed by atoms with Crippen LogP contribution in [0.4, 0.5) is 0 Å². The molecule has 1 aromatic heterocycles. The molecule has 0 aliphatic heterocycles. The summed E-state index contributed by atoms with van der Waals surface area (Å²) in [6, 6.07) is 8.50. The average Bonchev–Trinajstić information content (AvgIpc) is 2.75. The summed E-state index contributed by atoms with van der Waals surface area (Å²) in [7, 11) is 0. The molecule has 0 bridgehead atoms. The number of allylic oxidation sites excluding steroid dienone is 2. The van der Waals surface area contributed by atoms with Gasteiger partial charge in [0.2, 0.25) is 0 Å². The van der Waals surface area contributed by atoms with Gasteiger partial charge in [-0.2, -0.15) is 5.10 Å². The molecule has 1 aromatic carbocycles. The van der Waals surface area contributed by atoms with Crippen molar-refractivity contribution in [2.24, 2.45) is 5.41 Å². The molecule has 21 heavy (non-hydrogen) atoms. The van der Waals surface area contributed by atoms with Crippen molar-refractivity contribution in [1.29, 1.82) is 0 Å². The van der Waals surface area contributed by atoms with Gasteiger partial charge in [0.1, 0.15) is 0 Å². The van der Waals surface area contributed by atoms with E-state index in [2.05, 4.69) is 55.8 Å². The monoisotopic (exact) mass is 302 g/mol. The zero-order valence-electron chi connectivity index (χ0n) is 13.1. The molecule has 0 fully saturated rings. The van der Waals surface area contributed by atoms with Crippen molar-refractivity contribution in [1.82, 2.24) is 9.78 Å². The van der Waals surface area contributed by atoms with E-state index in [4.69, 9.17) is 16.7 Å². The van der Waals surface area contributed by atoms with Gasteiger partial charge in [-0.15, -0.1) is 11.6 Å². The number of para-hydroxylation sites is 1. The number of alkyl halides is 1. The molecular weight excluding hydrogens is 280 g/mol. The first-order valence-corrected chi connectivity index (χ1v) is 8.20. The molecule has 1 unspecified atom stereocenters. The molecule has 1 heterocycles. The maximum absolute atomic E-state index is 6.41. The molecule has 0 saturated carbocycles. The largest absolute Gasteiger partial charge is 0.265 e. The molecule has 3 rings (SSSR count). The van der Waals surface area contributed by atoms with Gasteiger partial charge in [0.15, 0.2) is 0 Å². The molecule has 0 radical (unpaired) electrons.